The third-order valence-electron chi connectivity index (χ3n) is 4.45. The molecule has 3 amide bonds. The fourth-order valence-corrected chi connectivity index (χ4v) is 3.66. The van der Waals surface area contributed by atoms with Gasteiger partial charge < -0.3 is 9.64 Å². The topological polar surface area (TPSA) is 87.7 Å². The predicted molar refractivity (Wildman–Crippen MR) is 113 cm³/mol. The average molecular weight is 458 g/mol. The molecule has 2 aromatic rings. The van der Waals surface area contributed by atoms with E-state index in [2.05, 4.69) is 26.8 Å². The van der Waals surface area contributed by atoms with Crippen LogP contribution in [-0.4, -0.2) is 24.8 Å². The summed E-state index contributed by atoms with van der Waals surface area (Å²) in [5.74, 6) is -0.438. The SMILES string of the molecule is COc1ccc(CN2C(=O)CC(C(=O)NNC(C)=O)=C(Br)c3ccccc32)cc1. The van der Waals surface area contributed by atoms with Crippen LogP contribution in [0.1, 0.15) is 24.5 Å². The normalized spacial score (nSPS) is 13.5. The van der Waals surface area contributed by atoms with Crippen molar-refractivity contribution in [2.24, 2.45) is 0 Å². The van der Waals surface area contributed by atoms with Gasteiger partial charge in [0.05, 0.1) is 25.8 Å². The van der Waals surface area contributed by atoms with Gasteiger partial charge >= 0.3 is 0 Å². The number of rotatable bonds is 4. The Morgan fingerprint density at radius 1 is 1.10 bits per heavy atom. The number of hydrogen-bond acceptors (Lipinski definition) is 4. The van der Waals surface area contributed by atoms with Gasteiger partial charge in [0.1, 0.15) is 5.75 Å². The molecule has 0 aliphatic carbocycles. The molecule has 0 saturated carbocycles. The number of para-hydroxylation sites is 1. The van der Waals surface area contributed by atoms with Crippen LogP contribution in [0.25, 0.3) is 4.48 Å². The molecule has 1 aliphatic heterocycles. The van der Waals surface area contributed by atoms with Crippen molar-refractivity contribution in [1.82, 2.24) is 10.9 Å². The molecule has 0 atom stereocenters. The molecule has 7 nitrogen and oxygen atoms in total. The standard InChI is InChI=1S/C21H20BrN3O4/c1-13(26)23-24-21(28)17-11-19(27)25(12-14-7-9-15(29-2)10-8-14)18-6-4-3-5-16(18)20(17)22/h3-10H,11-12H2,1-2H3,(H,23,26)(H,24,28). The Hall–Kier alpha value is -3.13. The number of hydrogen-bond donors (Lipinski definition) is 2. The molecule has 0 saturated heterocycles. The van der Waals surface area contributed by atoms with Crippen LogP contribution in [-0.2, 0) is 20.9 Å². The molecule has 2 N–H and O–H groups in total. The third-order valence-corrected chi connectivity index (χ3v) is 5.36. The summed E-state index contributed by atoms with van der Waals surface area (Å²) in [5, 5.41) is 0. The molecular weight excluding hydrogens is 438 g/mol. The van der Waals surface area contributed by atoms with Gasteiger partial charge in [-0.15, -0.1) is 0 Å². The molecule has 1 heterocycles. The first-order valence-electron chi connectivity index (χ1n) is 8.89. The molecule has 0 aromatic heterocycles. The van der Waals surface area contributed by atoms with Crippen molar-refractivity contribution in [1.29, 1.82) is 0 Å². The van der Waals surface area contributed by atoms with E-state index >= 15 is 0 Å². The number of carbonyl (C=O) groups excluding carboxylic acids is 3. The van der Waals surface area contributed by atoms with E-state index < -0.39 is 11.8 Å². The van der Waals surface area contributed by atoms with E-state index in [1.54, 1.807) is 12.0 Å². The second-order valence-corrected chi connectivity index (χ2v) is 7.24. The van der Waals surface area contributed by atoms with Crippen LogP contribution < -0.4 is 20.5 Å². The summed E-state index contributed by atoms with van der Waals surface area (Å²) in [6, 6.07) is 14.8. The smallest absolute Gasteiger partial charge is 0.267 e. The molecule has 150 valence electrons. The largest absolute Gasteiger partial charge is 0.497 e. The number of ether oxygens (including phenoxy) is 1. The van der Waals surface area contributed by atoms with E-state index in [1.807, 2.05) is 48.5 Å². The zero-order valence-corrected chi connectivity index (χ0v) is 17.6. The Kier molecular flexibility index (Phi) is 6.33. The Bertz CT molecular complexity index is 986. The number of carbonyl (C=O) groups is 3. The summed E-state index contributed by atoms with van der Waals surface area (Å²) < 4.78 is 5.70. The number of hydrazine groups is 1. The lowest BCUT2D eigenvalue weighted by Crippen LogP contribution is -2.41. The fraction of sp³-hybridized carbons (Fsp3) is 0.190. The molecule has 0 fully saturated rings. The number of amides is 3. The highest BCUT2D eigenvalue weighted by molar-refractivity contribution is 9.15. The highest BCUT2D eigenvalue weighted by Crippen LogP contribution is 2.38. The summed E-state index contributed by atoms with van der Waals surface area (Å²) in [4.78, 5) is 38.4. The molecule has 0 unspecified atom stereocenters. The number of benzene rings is 2. The van der Waals surface area contributed by atoms with Crippen LogP contribution >= 0.6 is 15.9 Å². The maximum atomic E-state index is 13.1. The van der Waals surface area contributed by atoms with Gasteiger partial charge in [0.15, 0.2) is 0 Å². The Balaban J connectivity index is 1.95. The van der Waals surface area contributed by atoms with E-state index in [1.165, 1.54) is 6.92 Å². The number of halogens is 1. The van der Waals surface area contributed by atoms with Crippen molar-refractivity contribution in [3.8, 4) is 5.75 Å². The van der Waals surface area contributed by atoms with Gasteiger partial charge in [-0.2, -0.15) is 0 Å². The van der Waals surface area contributed by atoms with Gasteiger partial charge in [-0.3, -0.25) is 25.2 Å². The monoisotopic (exact) mass is 457 g/mol. The highest BCUT2D eigenvalue weighted by atomic mass is 79.9. The van der Waals surface area contributed by atoms with Crippen LogP contribution in [0.4, 0.5) is 5.69 Å². The third kappa shape index (κ3) is 4.65. The first kappa shape index (κ1) is 20.6. The lowest BCUT2D eigenvalue weighted by molar-refractivity contribution is -0.126. The summed E-state index contributed by atoms with van der Waals surface area (Å²) in [6.45, 7) is 1.63. The van der Waals surface area contributed by atoms with Crippen LogP contribution in [0.5, 0.6) is 5.75 Å². The zero-order valence-electron chi connectivity index (χ0n) is 16.0. The Morgan fingerprint density at radius 3 is 2.45 bits per heavy atom. The zero-order chi connectivity index (χ0) is 21.0. The number of fused-ring (bicyclic) bond motifs is 1. The van der Waals surface area contributed by atoms with Crippen LogP contribution in [0.2, 0.25) is 0 Å². The van der Waals surface area contributed by atoms with E-state index in [9.17, 15) is 14.4 Å². The van der Waals surface area contributed by atoms with Crippen LogP contribution in [0.3, 0.4) is 0 Å². The summed E-state index contributed by atoms with van der Waals surface area (Å²) in [5.41, 5.74) is 7.17. The molecule has 0 bridgehead atoms. The van der Waals surface area contributed by atoms with Gasteiger partial charge in [-0.05, 0) is 39.7 Å². The van der Waals surface area contributed by atoms with Gasteiger partial charge in [0, 0.05) is 22.5 Å². The number of anilines is 1. The lowest BCUT2D eigenvalue weighted by atomic mass is 10.1. The van der Waals surface area contributed by atoms with Crippen molar-refractivity contribution in [2.75, 3.05) is 12.0 Å². The Morgan fingerprint density at radius 2 is 1.79 bits per heavy atom. The molecule has 1 aliphatic rings. The van der Waals surface area contributed by atoms with Crippen molar-refractivity contribution in [3.63, 3.8) is 0 Å². The van der Waals surface area contributed by atoms with Gasteiger partial charge in [0.25, 0.3) is 5.91 Å². The Labute approximate surface area is 176 Å². The summed E-state index contributed by atoms with van der Waals surface area (Å²) >= 11 is 3.48. The van der Waals surface area contributed by atoms with Crippen molar-refractivity contribution < 1.29 is 19.1 Å². The van der Waals surface area contributed by atoms with E-state index in [4.69, 9.17) is 4.74 Å². The molecule has 2 aromatic carbocycles. The second-order valence-electron chi connectivity index (χ2n) is 6.45. The molecular formula is C21H20BrN3O4. The number of methoxy groups -OCH3 is 1. The molecule has 29 heavy (non-hydrogen) atoms. The average Bonchev–Trinajstić information content (AvgIpc) is 2.83. The second kappa shape index (κ2) is 8.91. The van der Waals surface area contributed by atoms with E-state index in [0.29, 0.717) is 16.7 Å². The molecule has 0 spiro atoms. The molecule has 3 rings (SSSR count). The van der Waals surface area contributed by atoms with Crippen LogP contribution in [0.15, 0.2) is 54.1 Å². The molecule has 8 heteroatoms. The minimum Gasteiger partial charge on any atom is -0.497 e. The van der Waals surface area contributed by atoms with Crippen molar-refractivity contribution >= 4 is 43.8 Å². The number of nitrogens with zero attached hydrogens (tertiary/aromatic N) is 1. The van der Waals surface area contributed by atoms with Crippen LogP contribution in [0, 0.1) is 0 Å². The maximum Gasteiger partial charge on any atom is 0.267 e. The van der Waals surface area contributed by atoms with Gasteiger partial charge in [-0.25, -0.2) is 0 Å². The first-order chi connectivity index (χ1) is 13.9. The van der Waals surface area contributed by atoms with E-state index in [0.717, 1.165) is 16.9 Å². The van der Waals surface area contributed by atoms with Gasteiger partial charge in [0.2, 0.25) is 11.8 Å². The fourth-order valence-electron chi connectivity index (χ4n) is 3.00. The maximum absolute atomic E-state index is 13.1. The summed E-state index contributed by atoms with van der Waals surface area (Å²) in [6.07, 6.45) is -0.114. The van der Waals surface area contributed by atoms with Gasteiger partial charge in [-0.1, -0.05) is 30.3 Å². The van der Waals surface area contributed by atoms with Crippen molar-refractivity contribution in [2.45, 2.75) is 19.9 Å². The minimum absolute atomic E-state index is 0.114. The minimum atomic E-state index is -0.540. The van der Waals surface area contributed by atoms with Crippen molar-refractivity contribution in [3.05, 3.63) is 65.2 Å². The predicted octanol–water partition coefficient (Wildman–Crippen LogP) is 2.91. The lowest BCUT2D eigenvalue weighted by Gasteiger charge is -2.23. The number of nitrogens with one attached hydrogen (secondary N) is 2. The molecule has 0 radical (unpaired) electrons. The highest BCUT2D eigenvalue weighted by Gasteiger charge is 2.29. The van der Waals surface area contributed by atoms with E-state index in [-0.39, 0.29) is 17.9 Å². The first-order valence-corrected chi connectivity index (χ1v) is 9.68. The summed E-state index contributed by atoms with van der Waals surface area (Å²) in [7, 11) is 1.60. The quantitative estimate of drug-likeness (QED) is 0.690.